The number of nitrogens with one attached hydrogen (secondary N) is 1. The summed E-state index contributed by atoms with van der Waals surface area (Å²) in [6.45, 7) is 1.36. The standard InChI is InChI=1S/C17H18N2O6S2/c1-9(20)18-14-13(26-8-24-2)11(17(22)23)19-15(21)12(16(19)27-14)25-10-6-4-3-5-7-10/h3-7,12,14,16H,8H2,1-2H3,(H,18,20)(H,22,23)/t12-,14?,16-/m1/s1. The molecule has 0 radical (unpaired) electrons. The number of fused-ring (bicyclic) bond motifs is 1. The zero-order chi connectivity index (χ0) is 19.6. The van der Waals surface area contributed by atoms with Crippen molar-refractivity contribution in [2.75, 3.05) is 13.0 Å². The number of carbonyl (C=O) groups is 3. The van der Waals surface area contributed by atoms with Gasteiger partial charge in [0.2, 0.25) is 12.0 Å². The monoisotopic (exact) mass is 410 g/mol. The number of para-hydroxylation sites is 1. The van der Waals surface area contributed by atoms with Crippen molar-refractivity contribution in [3.05, 3.63) is 40.9 Å². The summed E-state index contributed by atoms with van der Waals surface area (Å²) in [6, 6.07) is 8.85. The van der Waals surface area contributed by atoms with Gasteiger partial charge in [-0.15, -0.1) is 11.8 Å². The summed E-state index contributed by atoms with van der Waals surface area (Å²) >= 11 is 2.41. The Hall–Kier alpha value is -2.17. The molecule has 3 atom stereocenters. The maximum absolute atomic E-state index is 12.6. The number of nitrogens with zero attached hydrogens (tertiary/aromatic N) is 1. The second-order valence-corrected chi connectivity index (χ2v) is 7.93. The molecule has 1 unspecified atom stereocenters. The lowest BCUT2D eigenvalue weighted by Gasteiger charge is -2.50. The average molecular weight is 410 g/mol. The van der Waals surface area contributed by atoms with Gasteiger partial charge < -0.3 is 19.9 Å². The topological polar surface area (TPSA) is 105 Å². The summed E-state index contributed by atoms with van der Waals surface area (Å²) in [6.07, 6.45) is -0.822. The van der Waals surface area contributed by atoms with Crippen LogP contribution in [-0.2, 0) is 19.1 Å². The number of β-lactam (4-membered cyclic amide) rings is 1. The minimum atomic E-state index is -1.24. The molecule has 1 aromatic rings. The SMILES string of the molecule is COCSC1=C(C(=O)O)N2C(=O)[C@@H](Oc3ccccc3)[C@H]2SC1NC(C)=O. The maximum Gasteiger partial charge on any atom is 0.353 e. The van der Waals surface area contributed by atoms with Crippen molar-refractivity contribution < 1.29 is 29.0 Å². The van der Waals surface area contributed by atoms with Gasteiger partial charge in [0, 0.05) is 14.0 Å². The van der Waals surface area contributed by atoms with E-state index in [9.17, 15) is 19.5 Å². The van der Waals surface area contributed by atoms with Crippen LogP contribution in [0.25, 0.3) is 0 Å². The minimum absolute atomic E-state index is 0.141. The first-order valence-corrected chi connectivity index (χ1v) is 9.93. The molecule has 1 saturated heterocycles. The maximum atomic E-state index is 12.6. The summed E-state index contributed by atoms with van der Waals surface area (Å²) < 4.78 is 10.8. The molecule has 27 heavy (non-hydrogen) atoms. The molecule has 2 aliphatic heterocycles. The van der Waals surface area contributed by atoms with Gasteiger partial charge in [0.1, 0.15) is 22.2 Å². The first-order chi connectivity index (χ1) is 12.9. The molecule has 2 aliphatic rings. The van der Waals surface area contributed by atoms with Gasteiger partial charge >= 0.3 is 5.97 Å². The van der Waals surface area contributed by atoms with Crippen LogP contribution in [0.5, 0.6) is 5.75 Å². The number of carboxylic acids is 1. The third kappa shape index (κ3) is 3.92. The van der Waals surface area contributed by atoms with Gasteiger partial charge in [0.15, 0.2) is 0 Å². The number of carboxylic acid groups (broad SMARTS) is 1. The first kappa shape index (κ1) is 19.6. The molecule has 1 aromatic carbocycles. The molecule has 0 aromatic heterocycles. The Labute approximate surface area is 164 Å². The Morgan fingerprint density at radius 3 is 2.63 bits per heavy atom. The second kappa shape index (κ2) is 8.24. The quantitative estimate of drug-likeness (QED) is 0.514. The molecule has 0 spiro atoms. The van der Waals surface area contributed by atoms with E-state index < -0.39 is 28.7 Å². The van der Waals surface area contributed by atoms with E-state index in [1.54, 1.807) is 24.3 Å². The number of methoxy groups -OCH3 is 1. The van der Waals surface area contributed by atoms with E-state index in [4.69, 9.17) is 9.47 Å². The lowest BCUT2D eigenvalue weighted by atomic mass is 10.1. The van der Waals surface area contributed by atoms with Crippen molar-refractivity contribution in [3.63, 3.8) is 0 Å². The average Bonchev–Trinajstić information content (AvgIpc) is 2.64. The summed E-state index contributed by atoms with van der Waals surface area (Å²) in [5, 5.41) is 11.3. The summed E-state index contributed by atoms with van der Waals surface area (Å²) in [5.74, 6) is -1.24. The molecule has 2 N–H and O–H groups in total. The summed E-state index contributed by atoms with van der Waals surface area (Å²) in [4.78, 5) is 37.7. The zero-order valence-electron chi connectivity index (χ0n) is 14.6. The second-order valence-electron chi connectivity index (χ2n) is 5.74. The van der Waals surface area contributed by atoms with Crippen LogP contribution in [0.2, 0.25) is 0 Å². The molecule has 0 bridgehead atoms. The highest BCUT2D eigenvalue weighted by Gasteiger charge is 2.57. The van der Waals surface area contributed by atoms with Crippen molar-refractivity contribution in [1.82, 2.24) is 10.2 Å². The molecule has 0 saturated carbocycles. The van der Waals surface area contributed by atoms with Gasteiger partial charge in [-0.1, -0.05) is 30.0 Å². The molecule has 2 amide bonds. The largest absolute Gasteiger partial charge is 0.477 e. The van der Waals surface area contributed by atoms with Crippen LogP contribution >= 0.6 is 23.5 Å². The summed E-state index contributed by atoms with van der Waals surface area (Å²) in [5.41, 5.74) is -0.141. The third-order valence-electron chi connectivity index (χ3n) is 3.86. The minimum Gasteiger partial charge on any atom is -0.477 e. The number of thioether (sulfide) groups is 2. The van der Waals surface area contributed by atoms with Crippen LogP contribution in [0.15, 0.2) is 40.9 Å². The summed E-state index contributed by atoms with van der Waals surface area (Å²) in [7, 11) is 1.48. The van der Waals surface area contributed by atoms with Crippen LogP contribution in [0.4, 0.5) is 0 Å². The van der Waals surface area contributed by atoms with Crippen LogP contribution in [0, 0.1) is 0 Å². The molecular weight excluding hydrogens is 392 g/mol. The van der Waals surface area contributed by atoms with Gasteiger partial charge in [-0.05, 0) is 12.1 Å². The van der Waals surface area contributed by atoms with E-state index in [0.29, 0.717) is 10.7 Å². The Morgan fingerprint density at radius 1 is 1.33 bits per heavy atom. The van der Waals surface area contributed by atoms with Crippen molar-refractivity contribution in [1.29, 1.82) is 0 Å². The van der Waals surface area contributed by atoms with E-state index in [1.807, 2.05) is 6.07 Å². The van der Waals surface area contributed by atoms with Crippen LogP contribution in [-0.4, -0.2) is 57.7 Å². The Bertz CT molecular complexity index is 785. The highest BCUT2D eigenvalue weighted by Crippen LogP contribution is 2.47. The van der Waals surface area contributed by atoms with Gasteiger partial charge in [0.05, 0.1) is 10.8 Å². The van der Waals surface area contributed by atoms with Crippen molar-refractivity contribution in [3.8, 4) is 5.75 Å². The van der Waals surface area contributed by atoms with E-state index in [2.05, 4.69) is 5.32 Å². The highest BCUT2D eigenvalue weighted by molar-refractivity contribution is 8.06. The predicted octanol–water partition coefficient (Wildman–Crippen LogP) is 1.44. The smallest absolute Gasteiger partial charge is 0.353 e. The van der Waals surface area contributed by atoms with E-state index in [0.717, 1.165) is 11.8 Å². The van der Waals surface area contributed by atoms with Gasteiger partial charge in [-0.25, -0.2) is 4.79 Å². The lowest BCUT2D eigenvalue weighted by molar-refractivity contribution is -0.157. The van der Waals surface area contributed by atoms with Gasteiger partial charge in [-0.3, -0.25) is 14.5 Å². The number of hydrogen-bond acceptors (Lipinski definition) is 7. The Balaban J connectivity index is 1.91. The Kier molecular flexibility index (Phi) is 5.98. The molecule has 8 nitrogen and oxygen atoms in total. The first-order valence-electron chi connectivity index (χ1n) is 8.00. The molecule has 0 aliphatic carbocycles. The molecule has 3 rings (SSSR count). The number of ether oxygens (including phenoxy) is 2. The normalized spacial score (nSPS) is 24.1. The Morgan fingerprint density at radius 2 is 2.04 bits per heavy atom. The molecule has 144 valence electrons. The van der Waals surface area contributed by atoms with Crippen LogP contribution in [0.1, 0.15) is 6.92 Å². The van der Waals surface area contributed by atoms with E-state index in [-0.39, 0.29) is 17.5 Å². The number of benzene rings is 1. The number of amides is 2. The van der Waals surface area contributed by atoms with Crippen LogP contribution in [0.3, 0.4) is 0 Å². The van der Waals surface area contributed by atoms with Crippen molar-refractivity contribution in [2.45, 2.75) is 23.8 Å². The molecule has 10 heteroatoms. The van der Waals surface area contributed by atoms with E-state index in [1.165, 1.54) is 30.7 Å². The number of aliphatic carboxylic acids is 1. The lowest BCUT2D eigenvalue weighted by Crippen LogP contribution is -2.68. The predicted molar refractivity (Wildman–Crippen MR) is 101 cm³/mol. The molecule has 2 heterocycles. The molecular formula is C17H18N2O6S2. The number of rotatable bonds is 7. The highest BCUT2D eigenvalue weighted by atomic mass is 32.2. The fourth-order valence-electron chi connectivity index (χ4n) is 2.76. The fraction of sp³-hybridized carbons (Fsp3) is 0.353. The van der Waals surface area contributed by atoms with Crippen LogP contribution < -0.4 is 10.1 Å². The van der Waals surface area contributed by atoms with Crippen molar-refractivity contribution in [2.24, 2.45) is 0 Å². The zero-order valence-corrected chi connectivity index (χ0v) is 16.2. The van der Waals surface area contributed by atoms with Gasteiger partial charge in [0.25, 0.3) is 5.91 Å². The van der Waals surface area contributed by atoms with Crippen molar-refractivity contribution >= 4 is 41.3 Å². The number of carbonyl (C=O) groups excluding carboxylic acids is 2. The number of hydrogen-bond donors (Lipinski definition) is 2. The molecule has 1 fully saturated rings. The van der Waals surface area contributed by atoms with Gasteiger partial charge in [-0.2, -0.15) is 0 Å². The third-order valence-corrected chi connectivity index (χ3v) is 6.46. The fourth-order valence-corrected chi connectivity index (χ4v) is 5.31. The van der Waals surface area contributed by atoms with E-state index >= 15 is 0 Å².